The van der Waals surface area contributed by atoms with Gasteiger partial charge in [-0.2, -0.15) is 0 Å². The zero-order chi connectivity index (χ0) is 13.4. The highest BCUT2D eigenvalue weighted by molar-refractivity contribution is 8.00. The second-order valence-electron chi connectivity index (χ2n) is 5.37. The number of rotatable bonds is 3. The number of nitrogens with zero attached hydrogens (tertiary/aromatic N) is 3. The van der Waals surface area contributed by atoms with Gasteiger partial charge in [0.1, 0.15) is 0 Å². The van der Waals surface area contributed by atoms with Crippen LogP contribution in [0.1, 0.15) is 25.7 Å². The molecule has 5 nitrogen and oxygen atoms in total. The maximum Gasteiger partial charge on any atom is 0.363 e. The fraction of sp³-hybridized carbons (Fsp3) is 0.615. The van der Waals surface area contributed by atoms with Gasteiger partial charge in [0.25, 0.3) is 0 Å². The quantitative estimate of drug-likeness (QED) is 0.629. The van der Waals surface area contributed by atoms with Gasteiger partial charge in [-0.3, -0.25) is 0 Å². The van der Waals surface area contributed by atoms with Gasteiger partial charge in [-0.15, -0.1) is 11.8 Å². The van der Waals surface area contributed by atoms with E-state index < -0.39 is 4.92 Å². The van der Waals surface area contributed by atoms with Gasteiger partial charge >= 0.3 is 5.82 Å². The van der Waals surface area contributed by atoms with Crippen molar-refractivity contribution < 1.29 is 4.92 Å². The van der Waals surface area contributed by atoms with Gasteiger partial charge in [0.05, 0.1) is 4.90 Å². The van der Waals surface area contributed by atoms with E-state index in [9.17, 15) is 10.1 Å². The average molecular weight is 279 g/mol. The summed E-state index contributed by atoms with van der Waals surface area (Å²) >= 11 is 1.82. The first-order chi connectivity index (χ1) is 9.13. The Balaban J connectivity index is 1.64. The molecule has 0 amide bonds. The fourth-order valence-electron chi connectivity index (χ4n) is 3.20. The summed E-state index contributed by atoms with van der Waals surface area (Å²) in [5.41, 5.74) is 0. The van der Waals surface area contributed by atoms with E-state index in [4.69, 9.17) is 0 Å². The minimum absolute atomic E-state index is 0.0761. The second kappa shape index (κ2) is 5.09. The number of thioether (sulfide) groups is 1. The van der Waals surface area contributed by atoms with Crippen LogP contribution in [0.5, 0.6) is 0 Å². The zero-order valence-electron chi connectivity index (χ0n) is 10.9. The third-order valence-corrected chi connectivity index (χ3v) is 5.50. The summed E-state index contributed by atoms with van der Waals surface area (Å²) < 4.78 is 0. The topological polar surface area (TPSA) is 59.3 Å². The van der Waals surface area contributed by atoms with Crippen molar-refractivity contribution >= 4 is 17.6 Å². The summed E-state index contributed by atoms with van der Waals surface area (Å²) in [5.74, 6) is -0.0761. The van der Waals surface area contributed by atoms with Crippen molar-refractivity contribution in [3.8, 4) is 0 Å². The molecule has 0 radical (unpaired) electrons. The molecule has 3 heterocycles. The van der Waals surface area contributed by atoms with Crippen molar-refractivity contribution in [1.82, 2.24) is 9.88 Å². The summed E-state index contributed by atoms with van der Waals surface area (Å²) in [6, 6.07) is 4.76. The van der Waals surface area contributed by atoms with E-state index in [1.165, 1.54) is 31.7 Å². The molecule has 2 bridgehead atoms. The molecular formula is C13H17N3O2S. The Bertz CT molecular complexity index is 465. The molecule has 0 saturated carbocycles. The third-order valence-electron chi connectivity index (χ3n) is 4.27. The number of piperidine rings is 1. The van der Waals surface area contributed by atoms with Crippen LogP contribution in [0, 0.1) is 10.1 Å². The molecule has 0 spiro atoms. The van der Waals surface area contributed by atoms with E-state index in [1.807, 2.05) is 17.8 Å². The van der Waals surface area contributed by atoms with Crippen LogP contribution < -0.4 is 0 Å². The highest BCUT2D eigenvalue weighted by Crippen LogP contribution is 2.41. The minimum Gasteiger partial charge on any atom is -0.358 e. The molecule has 19 heavy (non-hydrogen) atoms. The Hall–Kier alpha value is -1.14. The number of aromatic nitrogens is 1. The molecule has 2 saturated heterocycles. The van der Waals surface area contributed by atoms with Crippen LogP contribution in [-0.4, -0.2) is 39.2 Å². The smallest absolute Gasteiger partial charge is 0.358 e. The number of nitro groups is 1. The highest BCUT2D eigenvalue weighted by atomic mass is 32.2. The number of fused-ring (bicyclic) bond motifs is 2. The van der Waals surface area contributed by atoms with Gasteiger partial charge < -0.3 is 15.0 Å². The molecule has 6 heteroatoms. The van der Waals surface area contributed by atoms with Crippen molar-refractivity contribution in [2.75, 3.05) is 7.05 Å². The Morgan fingerprint density at radius 1 is 1.37 bits per heavy atom. The van der Waals surface area contributed by atoms with Gasteiger partial charge in [-0.05, 0) is 48.7 Å². The van der Waals surface area contributed by atoms with E-state index in [0.717, 1.165) is 17.0 Å². The molecule has 3 atom stereocenters. The summed E-state index contributed by atoms with van der Waals surface area (Å²) in [7, 11) is 2.23. The Morgan fingerprint density at radius 3 is 2.58 bits per heavy atom. The molecule has 1 aromatic rings. The highest BCUT2D eigenvalue weighted by Gasteiger charge is 2.38. The van der Waals surface area contributed by atoms with E-state index in [2.05, 4.69) is 16.9 Å². The second-order valence-corrected chi connectivity index (χ2v) is 6.74. The van der Waals surface area contributed by atoms with E-state index in [0.29, 0.717) is 5.25 Å². The Kier molecular flexibility index (Phi) is 3.45. The van der Waals surface area contributed by atoms with Crippen LogP contribution in [0.15, 0.2) is 23.2 Å². The molecule has 1 aromatic heterocycles. The summed E-state index contributed by atoms with van der Waals surface area (Å²) in [4.78, 5) is 17.6. The number of hydrogen-bond donors (Lipinski definition) is 0. The lowest BCUT2D eigenvalue weighted by Gasteiger charge is -2.35. The first-order valence-electron chi connectivity index (χ1n) is 6.62. The summed E-state index contributed by atoms with van der Waals surface area (Å²) in [6.07, 6.45) is 6.69. The monoisotopic (exact) mass is 279 g/mol. The van der Waals surface area contributed by atoms with Gasteiger partial charge in [0.2, 0.25) is 0 Å². The molecule has 3 rings (SSSR count). The molecule has 0 aliphatic carbocycles. The Labute approximate surface area is 116 Å². The van der Waals surface area contributed by atoms with Crippen LogP contribution in [0.4, 0.5) is 5.82 Å². The van der Waals surface area contributed by atoms with Gasteiger partial charge in [0, 0.05) is 23.4 Å². The predicted molar refractivity (Wildman–Crippen MR) is 74.3 cm³/mol. The van der Waals surface area contributed by atoms with Gasteiger partial charge in [-0.25, -0.2) is 0 Å². The molecule has 0 aromatic carbocycles. The molecule has 102 valence electrons. The fourth-order valence-corrected chi connectivity index (χ4v) is 4.48. The third kappa shape index (κ3) is 2.60. The standard InChI is InChI=1S/C13H17N3O2S/c1-15-9-2-3-10(15)7-12(6-9)19-11-4-5-13(14-8-11)16(17)18/h4-5,8-10,12H,2-3,6-7H2,1H3/t9-,10+,12?. The maximum atomic E-state index is 10.6. The van der Waals surface area contributed by atoms with E-state index >= 15 is 0 Å². The molecule has 2 aliphatic heterocycles. The lowest BCUT2D eigenvalue weighted by atomic mass is 10.0. The van der Waals surface area contributed by atoms with Crippen molar-refractivity contribution in [2.24, 2.45) is 0 Å². The van der Waals surface area contributed by atoms with Crippen LogP contribution in [0.25, 0.3) is 0 Å². The van der Waals surface area contributed by atoms with Crippen LogP contribution in [-0.2, 0) is 0 Å². The Morgan fingerprint density at radius 2 is 2.05 bits per heavy atom. The summed E-state index contributed by atoms with van der Waals surface area (Å²) in [5, 5.41) is 11.2. The lowest BCUT2D eigenvalue weighted by molar-refractivity contribution is -0.389. The van der Waals surface area contributed by atoms with Crippen molar-refractivity contribution in [2.45, 2.75) is 47.9 Å². The minimum atomic E-state index is -0.454. The number of hydrogen-bond acceptors (Lipinski definition) is 5. The van der Waals surface area contributed by atoms with Gasteiger partial charge in [0.15, 0.2) is 6.20 Å². The van der Waals surface area contributed by atoms with Gasteiger partial charge in [-0.1, -0.05) is 0 Å². The first-order valence-corrected chi connectivity index (χ1v) is 7.50. The van der Waals surface area contributed by atoms with Crippen LogP contribution in [0.3, 0.4) is 0 Å². The van der Waals surface area contributed by atoms with Crippen molar-refractivity contribution in [3.63, 3.8) is 0 Å². The predicted octanol–water partition coefficient (Wildman–Crippen LogP) is 2.71. The molecular weight excluding hydrogens is 262 g/mol. The largest absolute Gasteiger partial charge is 0.363 e. The lowest BCUT2D eigenvalue weighted by Crippen LogP contribution is -2.40. The maximum absolute atomic E-state index is 10.6. The average Bonchev–Trinajstić information content (AvgIpc) is 2.63. The van der Waals surface area contributed by atoms with Crippen LogP contribution in [0.2, 0.25) is 0 Å². The zero-order valence-corrected chi connectivity index (χ0v) is 11.7. The normalized spacial score (nSPS) is 30.5. The number of pyridine rings is 1. The summed E-state index contributed by atoms with van der Waals surface area (Å²) in [6.45, 7) is 0. The molecule has 1 unspecified atom stereocenters. The first kappa shape index (κ1) is 12.9. The molecule has 2 fully saturated rings. The SMILES string of the molecule is CN1[C@@H]2CC[C@H]1CC(Sc1ccc([N+](=O)[O-])nc1)C2. The van der Waals surface area contributed by atoms with Crippen molar-refractivity contribution in [3.05, 3.63) is 28.4 Å². The van der Waals surface area contributed by atoms with Crippen molar-refractivity contribution in [1.29, 1.82) is 0 Å². The van der Waals surface area contributed by atoms with E-state index in [-0.39, 0.29) is 5.82 Å². The molecule has 2 aliphatic rings. The van der Waals surface area contributed by atoms with E-state index in [1.54, 1.807) is 6.20 Å². The van der Waals surface area contributed by atoms with Crippen LogP contribution >= 0.6 is 11.8 Å². The molecule has 0 N–H and O–H groups in total.